The van der Waals surface area contributed by atoms with Crippen LogP contribution in [0.3, 0.4) is 0 Å². The Kier molecular flexibility index (Phi) is 5.64. The molecule has 2 aromatic rings. The van der Waals surface area contributed by atoms with Crippen molar-refractivity contribution < 1.29 is 13.2 Å². The third-order valence-electron chi connectivity index (χ3n) is 3.33. The number of halogens is 1. The van der Waals surface area contributed by atoms with Crippen LogP contribution in [0.25, 0.3) is 0 Å². The molecule has 2 rings (SSSR count). The Labute approximate surface area is 146 Å². The van der Waals surface area contributed by atoms with Gasteiger partial charge in [-0.3, -0.25) is 9.10 Å². The number of carbonyl (C=O) groups is 1. The van der Waals surface area contributed by atoms with Crippen molar-refractivity contribution in [3.05, 3.63) is 71.8 Å². The number of sulfonamides is 1. The molecule has 0 bridgehead atoms. The van der Waals surface area contributed by atoms with Crippen molar-refractivity contribution in [2.45, 2.75) is 4.90 Å². The maximum atomic E-state index is 13.0. The molecule has 1 N–H and O–H groups in total. The molecule has 0 saturated carbocycles. The van der Waals surface area contributed by atoms with E-state index in [2.05, 4.69) is 11.9 Å². The van der Waals surface area contributed by atoms with Gasteiger partial charge in [0.2, 0.25) is 0 Å². The molecular formula is C17H17ClN2O3S. The van der Waals surface area contributed by atoms with Crippen molar-refractivity contribution in [3.8, 4) is 0 Å². The lowest BCUT2D eigenvalue weighted by atomic mass is 10.2. The summed E-state index contributed by atoms with van der Waals surface area (Å²) in [6, 6.07) is 12.5. The van der Waals surface area contributed by atoms with Gasteiger partial charge in [0.15, 0.2) is 0 Å². The number of para-hydroxylation sites is 1. The molecule has 7 heteroatoms. The summed E-state index contributed by atoms with van der Waals surface area (Å²) in [6.45, 7) is 3.66. The quantitative estimate of drug-likeness (QED) is 0.801. The zero-order valence-corrected chi connectivity index (χ0v) is 14.6. The van der Waals surface area contributed by atoms with Crippen molar-refractivity contribution in [2.75, 3.05) is 17.9 Å². The first-order chi connectivity index (χ1) is 11.4. The maximum absolute atomic E-state index is 13.0. The maximum Gasteiger partial charge on any atom is 0.264 e. The second kappa shape index (κ2) is 7.51. The van der Waals surface area contributed by atoms with E-state index in [9.17, 15) is 13.2 Å². The second-order valence-corrected chi connectivity index (χ2v) is 7.15. The largest absolute Gasteiger partial charge is 0.355 e. The van der Waals surface area contributed by atoms with E-state index in [1.807, 2.05) is 0 Å². The van der Waals surface area contributed by atoms with Crippen LogP contribution in [0.15, 0.2) is 66.1 Å². The molecule has 0 aliphatic rings. The molecule has 0 aliphatic carbocycles. The van der Waals surface area contributed by atoms with Gasteiger partial charge in [0.25, 0.3) is 15.9 Å². The second-order valence-electron chi connectivity index (χ2n) is 4.88. The van der Waals surface area contributed by atoms with E-state index in [0.717, 1.165) is 4.31 Å². The number of hydrogen-bond donors (Lipinski definition) is 1. The SMILES string of the molecule is C=CCN(c1ccccc1Cl)S(=O)(=O)c1cccc(C(=O)NC)c1. The number of nitrogens with one attached hydrogen (secondary N) is 1. The van der Waals surface area contributed by atoms with Gasteiger partial charge in [-0.05, 0) is 30.3 Å². The first-order valence-electron chi connectivity index (χ1n) is 7.12. The predicted octanol–water partition coefficient (Wildman–Crippen LogP) is 3.08. The average molecular weight is 365 g/mol. The highest BCUT2D eigenvalue weighted by Gasteiger charge is 2.26. The number of nitrogens with zero attached hydrogens (tertiary/aromatic N) is 1. The molecular weight excluding hydrogens is 348 g/mol. The third kappa shape index (κ3) is 3.60. The van der Waals surface area contributed by atoms with Gasteiger partial charge in [-0.2, -0.15) is 0 Å². The molecule has 0 unspecified atom stereocenters. The van der Waals surface area contributed by atoms with Crippen molar-refractivity contribution in [1.82, 2.24) is 5.32 Å². The summed E-state index contributed by atoms with van der Waals surface area (Å²) in [5, 5.41) is 2.78. The molecule has 24 heavy (non-hydrogen) atoms. The summed E-state index contributed by atoms with van der Waals surface area (Å²) in [7, 11) is -2.42. The topological polar surface area (TPSA) is 66.5 Å². The Hall–Kier alpha value is -2.31. The Bertz CT molecular complexity index is 866. The molecule has 126 valence electrons. The molecule has 0 saturated heterocycles. The van der Waals surface area contributed by atoms with E-state index in [-0.39, 0.29) is 22.9 Å². The van der Waals surface area contributed by atoms with Gasteiger partial charge in [-0.25, -0.2) is 8.42 Å². The van der Waals surface area contributed by atoms with Crippen molar-refractivity contribution in [2.24, 2.45) is 0 Å². The molecule has 5 nitrogen and oxygen atoms in total. The Morgan fingerprint density at radius 1 is 1.25 bits per heavy atom. The van der Waals surface area contributed by atoms with Gasteiger partial charge in [-0.15, -0.1) is 6.58 Å². The number of rotatable bonds is 6. The predicted molar refractivity (Wildman–Crippen MR) is 96.0 cm³/mol. The van der Waals surface area contributed by atoms with Gasteiger partial charge in [0.05, 0.1) is 22.2 Å². The van der Waals surface area contributed by atoms with Gasteiger partial charge in [0.1, 0.15) is 0 Å². The zero-order valence-electron chi connectivity index (χ0n) is 13.1. The fourth-order valence-electron chi connectivity index (χ4n) is 2.17. The summed E-state index contributed by atoms with van der Waals surface area (Å²) in [6.07, 6.45) is 1.48. The molecule has 0 radical (unpaired) electrons. The van der Waals surface area contributed by atoms with E-state index >= 15 is 0 Å². The van der Waals surface area contributed by atoms with E-state index in [1.165, 1.54) is 31.3 Å². The molecule has 0 aliphatic heterocycles. The summed E-state index contributed by atoms with van der Waals surface area (Å²) in [5.41, 5.74) is 0.612. The van der Waals surface area contributed by atoms with E-state index in [4.69, 9.17) is 11.6 Å². The van der Waals surface area contributed by atoms with Crippen molar-refractivity contribution in [3.63, 3.8) is 0 Å². The van der Waals surface area contributed by atoms with Crippen LogP contribution in [-0.4, -0.2) is 27.9 Å². The van der Waals surface area contributed by atoms with Gasteiger partial charge in [-0.1, -0.05) is 35.9 Å². The number of benzene rings is 2. The molecule has 0 heterocycles. The minimum Gasteiger partial charge on any atom is -0.355 e. The summed E-state index contributed by atoms with van der Waals surface area (Å²) >= 11 is 6.15. The Morgan fingerprint density at radius 3 is 2.58 bits per heavy atom. The summed E-state index contributed by atoms with van der Waals surface area (Å²) in [5.74, 6) is -0.361. The average Bonchev–Trinajstić information content (AvgIpc) is 2.59. The number of anilines is 1. The van der Waals surface area contributed by atoms with Crippen molar-refractivity contribution in [1.29, 1.82) is 0 Å². The molecule has 0 aromatic heterocycles. The standard InChI is InChI=1S/C17H17ClN2O3S/c1-3-11-20(16-10-5-4-9-15(16)18)24(22,23)14-8-6-7-13(12-14)17(21)19-2/h3-10,12H,1,11H2,2H3,(H,19,21). The minimum atomic E-state index is -3.91. The smallest absolute Gasteiger partial charge is 0.264 e. The fraction of sp³-hybridized carbons (Fsp3) is 0.118. The highest BCUT2D eigenvalue weighted by Crippen LogP contribution is 2.30. The summed E-state index contributed by atoms with van der Waals surface area (Å²) in [4.78, 5) is 11.8. The first-order valence-corrected chi connectivity index (χ1v) is 8.94. The lowest BCUT2D eigenvalue weighted by Gasteiger charge is -2.24. The van der Waals surface area contributed by atoms with E-state index in [0.29, 0.717) is 10.7 Å². The van der Waals surface area contributed by atoms with Gasteiger partial charge >= 0.3 is 0 Å². The van der Waals surface area contributed by atoms with Crippen LogP contribution in [0.4, 0.5) is 5.69 Å². The number of hydrogen-bond acceptors (Lipinski definition) is 3. The van der Waals surface area contributed by atoms with Crippen LogP contribution in [0.5, 0.6) is 0 Å². The lowest BCUT2D eigenvalue weighted by Crippen LogP contribution is -2.31. The molecule has 2 aromatic carbocycles. The highest BCUT2D eigenvalue weighted by molar-refractivity contribution is 7.92. The van der Waals surface area contributed by atoms with Crippen molar-refractivity contribution >= 4 is 33.2 Å². The van der Waals surface area contributed by atoms with E-state index < -0.39 is 10.0 Å². The van der Waals surface area contributed by atoms with Gasteiger partial charge in [0, 0.05) is 12.6 Å². The lowest BCUT2D eigenvalue weighted by molar-refractivity contribution is 0.0963. The van der Waals surface area contributed by atoms with Crippen LogP contribution in [0.1, 0.15) is 10.4 Å². The monoisotopic (exact) mass is 364 g/mol. The van der Waals surface area contributed by atoms with Gasteiger partial charge < -0.3 is 5.32 Å². The van der Waals surface area contributed by atoms with Crippen LogP contribution in [0, 0.1) is 0 Å². The molecule has 1 amide bonds. The fourth-order valence-corrected chi connectivity index (χ4v) is 3.96. The summed E-state index contributed by atoms with van der Waals surface area (Å²) < 4.78 is 27.2. The normalized spacial score (nSPS) is 10.9. The van der Waals surface area contributed by atoms with Crippen LogP contribution in [-0.2, 0) is 10.0 Å². The van der Waals surface area contributed by atoms with Crippen LogP contribution < -0.4 is 9.62 Å². The van der Waals surface area contributed by atoms with Crippen LogP contribution in [0.2, 0.25) is 5.02 Å². The Morgan fingerprint density at radius 2 is 1.96 bits per heavy atom. The molecule has 0 fully saturated rings. The van der Waals surface area contributed by atoms with E-state index in [1.54, 1.807) is 30.3 Å². The Balaban J connectivity index is 2.56. The molecule has 0 atom stereocenters. The third-order valence-corrected chi connectivity index (χ3v) is 5.42. The van der Waals surface area contributed by atoms with Crippen LogP contribution >= 0.6 is 11.6 Å². The first kappa shape index (κ1) is 18.0. The zero-order chi connectivity index (χ0) is 17.7. The number of amides is 1. The highest BCUT2D eigenvalue weighted by atomic mass is 35.5. The molecule has 0 spiro atoms. The number of carbonyl (C=O) groups excluding carboxylic acids is 1. The minimum absolute atomic E-state index is 0.00497.